The van der Waals surface area contributed by atoms with Gasteiger partial charge in [0.05, 0.1) is 14.2 Å². The van der Waals surface area contributed by atoms with Gasteiger partial charge < -0.3 is 14.8 Å². The van der Waals surface area contributed by atoms with Crippen molar-refractivity contribution in [3.8, 4) is 0 Å². The molecule has 0 amide bonds. The van der Waals surface area contributed by atoms with Crippen LogP contribution in [0.3, 0.4) is 0 Å². The zero-order valence-electron chi connectivity index (χ0n) is 14.4. The minimum absolute atomic E-state index is 0.218. The highest BCUT2D eigenvalue weighted by Crippen LogP contribution is 2.24. The van der Waals surface area contributed by atoms with Crippen molar-refractivity contribution in [2.45, 2.75) is 33.2 Å². The fraction of sp³-hybridized carbons (Fsp3) is 0.444. The fourth-order valence-electron chi connectivity index (χ4n) is 2.63. The normalized spacial score (nSPS) is 11.7. The molecule has 0 aliphatic heterocycles. The number of anilines is 1. The van der Waals surface area contributed by atoms with Crippen LogP contribution >= 0.6 is 0 Å². The molecule has 0 aromatic heterocycles. The van der Waals surface area contributed by atoms with Gasteiger partial charge in [-0.25, -0.2) is 0 Å². The van der Waals surface area contributed by atoms with Crippen LogP contribution in [0, 0.1) is 26.7 Å². The van der Waals surface area contributed by atoms with Gasteiger partial charge in [-0.05, 0) is 38.3 Å². The molecule has 23 heavy (non-hydrogen) atoms. The van der Waals surface area contributed by atoms with Gasteiger partial charge in [0.2, 0.25) is 0 Å². The number of benzene rings is 1. The monoisotopic (exact) mass is 319 g/mol. The third-order valence-electron chi connectivity index (χ3n) is 3.75. The van der Waals surface area contributed by atoms with Gasteiger partial charge in [-0.3, -0.25) is 9.59 Å². The molecule has 0 aliphatic rings. The van der Waals surface area contributed by atoms with Gasteiger partial charge >= 0.3 is 11.9 Å². The Kier molecular flexibility index (Phi) is 6.82. The molecule has 0 saturated heterocycles. The van der Waals surface area contributed by atoms with Crippen molar-refractivity contribution in [2.75, 3.05) is 19.5 Å². The van der Waals surface area contributed by atoms with E-state index in [1.54, 1.807) is 6.08 Å². The Labute approximate surface area is 137 Å². The van der Waals surface area contributed by atoms with Gasteiger partial charge in [-0.15, -0.1) is 6.58 Å². The maximum atomic E-state index is 11.8. The Morgan fingerprint density at radius 1 is 1.13 bits per heavy atom. The third-order valence-corrected chi connectivity index (χ3v) is 3.75. The maximum Gasteiger partial charge on any atom is 0.320 e. The van der Waals surface area contributed by atoms with Gasteiger partial charge in [-0.1, -0.05) is 23.8 Å². The van der Waals surface area contributed by atoms with Crippen LogP contribution in [0.25, 0.3) is 0 Å². The van der Waals surface area contributed by atoms with Crippen LogP contribution in [-0.4, -0.2) is 32.2 Å². The topological polar surface area (TPSA) is 64.6 Å². The van der Waals surface area contributed by atoms with E-state index in [2.05, 4.69) is 24.0 Å². The van der Waals surface area contributed by atoms with Gasteiger partial charge in [0.1, 0.15) is 0 Å². The van der Waals surface area contributed by atoms with E-state index in [4.69, 9.17) is 9.47 Å². The van der Waals surface area contributed by atoms with E-state index in [-0.39, 0.29) is 12.5 Å². The van der Waals surface area contributed by atoms with Crippen molar-refractivity contribution in [1.29, 1.82) is 0 Å². The number of rotatable bonds is 7. The number of aryl methyl sites for hydroxylation is 3. The lowest BCUT2D eigenvalue weighted by Crippen LogP contribution is -2.32. The summed E-state index contributed by atoms with van der Waals surface area (Å²) in [4.78, 5) is 23.6. The maximum absolute atomic E-state index is 11.8. The predicted molar refractivity (Wildman–Crippen MR) is 90.4 cm³/mol. The molecule has 0 fully saturated rings. The summed E-state index contributed by atoms with van der Waals surface area (Å²) < 4.78 is 9.38. The van der Waals surface area contributed by atoms with Gasteiger partial charge in [0, 0.05) is 11.7 Å². The molecule has 0 radical (unpaired) electrons. The van der Waals surface area contributed by atoms with E-state index in [0.29, 0.717) is 0 Å². The molecule has 0 spiro atoms. The van der Waals surface area contributed by atoms with E-state index < -0.39 is 17.9 Å². The van der Waals surface area contributed by atoms with Gasteiger partial charge in [0.25, 0.3) is 0 Å². The number of nitrogens with one attached hydrogen (secondary N) is 1. The van der Waals surface area contributed by atoms with Crippen LogP contribution in [0.1, 0.15) is 23.1 Å². The number of carbonyl (C=O) groups excluding carboxylic acids is 2. The quantitative estimate of drug-likeness (QED) is 0.475. The molecule has 1 unspecified atom stereocenters. The molecule has 1 atom stereocenters. The van der Waals surface area contributed by atoms with Crippen molar-refractivity contribution < 1.29 is 19.1 Å². The summed E-state index contributed by atoms with van der Waals surface area (Å²) in [5.74, 6) is -2.20. The smallest absolute Gasteiger partial charge is 0.320 e. The number of ether oxygens (including phenoxy) is 2. The first kappa shape index (κ1) is 18.7. The van der Waals surface area contributed by atoms with Crippen LogP contribution in [0.4, 0.5) is 5.69 Å². The summed E-state index contributed by atoms with van der Waals surface area (Å²) >= 11 is 0. The molecular formula is C18H25NO4. The molecule has 1 rings (SSSR count). The Balaban J connectivity index is 2.98. The van der Waals surface area contributed by atoms with E-state index in [1.807, 2.05) is 20.8 Å². The Bertz CT molecular complexity index is 556. The summed E-state index contributed by atoms with van der Waals surface area (Å²) in [6, 6.07) is 3.89. The molecule has 126 valence electrons. The highest BCUT2D eigenvalue weighted by atomic mass is 16.5. The molecular weight excluding hydrogens is 294 g/mol. The molecule has 5 nitrogen and oxygen atoms in total. The van der Waals surface area contributed by atoms with Gasteiger partial charge in [-0.2, -0.15) is 0 Å². The van der Waals surface area contributed by atoms with Crippen LogP contribution in [-0.2, 0) is 19.1 Å². The molecule has 5 heteroatoms. The average molecular weight is 319 g/mol. The number of hydrogen-bond acceptors (Lipinski definition) is 5. The van der Waals surface area contributed by atoms with Crippen molar-refractivity contribution in [3.63, 3.8) is 0 Å². The highest BCUT2D eigenvalue weighted by molar-refractivity contribution is 5.94. The largest absolute Gasteiger partial charge is 0.468 e. The fourth-order valence-corrected chi connectivity index (χ4v) is 2.63. The first-order valence-electron chi connectivity index (χ1n) is 7.46. The van der Waals surface area contributed by atoms with Crippen LogP contribution in [0.15, 0.2) is 24.8 Å². The number of hydrogen-bond donors (Lipinski definition) is 1. The molecule has 0 aliphatic carbocycles. The first-order valence-corrected chi connectivity index (χ1v) is 7.46. The number of carbonyl (C=O) groups is 2. The summed E-state index contributed by atoms with van der Waals surface area (Å²) in [7, 11) is 2.51. The molecule has 1 aromatic rings. The highest BCUT2D eigenvalue weighted by Gasteiger charge is 2.31. The lowest BCUT2D eigenvalue weighted by atomic mass is 9.98. The Hall–Kier alpha value is -2.30. The summed E-state index contributed by atoms with van der Waals surface area (Å²) in [5, 5.41) is 3.35. The Morgan fingerprint density at radius 3 is 2.00 bits per heavy atom. The zero-order valence-corrected chi connectivity index (χ0v) is 14.4. The van der Waals surface area contributed by atoms with Gasteiger partial charge in [0.15, 0.2) is 5.92 Å². The van der Waals surface area contributed by atoms with Crippen molar-refractivity contribution >= 4 is 17.6 Å². The minimum Gasteiger partial charge on any atom is -0.468 e. The van der Waals surface area contributed by atoms with E-state index in [1.165, 1.54) is 19.8 Å². The van der Waals surface area contributed by atoms with Crippen LogP contribution < -0.4 is 5.32 Å². The molecule has 0 saturated carbocycles. The minimum atomic E-state index is -0.980. The second-order valence-electron chi connectivity index (χ2n) is 5.59. The lowest BCUT2D eigenvalue weighted by molar-refractivity contribution is -0.159. The van der Waals surface area contributed by atoms with E-state index in [0.717, 1.165) is 16.8 Å². The number of methoxy groups -OCH3 is 2. The summed E-state index contributed by atoms with van der Waals surface area (Å²) in [6.07, 6.45) is 1.90. The standard InChI is InChI=1S/C18H25NO4/c1-7-14(10-15(17(20)22-5)18(21)23-6)19-16-12(3)8-11(2)9-13(16)4/h7-9,14-15,19H,1,10H2,2-6H3. The van der Waals surface area contributed by atoms with Crippen LogP contribution in [0.5, 0.6) is 0 Å². The Morgan fingerprint density at radius 2 is 1.61 bits per heavy atom. The second kappa shape index (κ2) is 8.36. The summed E-state index contributed by atoms with van der Waals surface area (Å²) in [6.45, 7) is 9.86. The second-order valence-corrected chi connectivity index (χ2v) is 5.59. The molecule has 0 heterocycles. The van der Waals surface area contributed by atoms with E-state index >= 15 is 0 Å². The van der Waals surface area contributed by atoms with E-state index in [9.17, 15) is 9.59 Å². The van der Waals surface area contributed by atoms with Crippen LogP contribution in [0.2, 0.25) is 0 Å². The summed E-state index contributed by atoms with van der Waals surface area (Å²) in [5.41, 5.74) is 4.36. The number of esters is 2. The molecule has 0 bridgehead atoms. The predicted octanol–water partition coefficient (Wildman–Crippen LogP) is 2.93. The zero-order chi connectivity index (χ0) is 17.6. The third kappa shape index (κ3) is 4.84. The molecule has 1 aromatic carbocycles. The lowest BCUT2D eigenvalue weighted by Gasteiger charge is -2.22. The van der Waals surface area contributed by atoms with Crippen molar-refractivity contribution in [3.05, 3.63) is 41.5 Å². The molecule has 1 N–H and O–H groups in total. The van der Waals surface area contributed by atoms with Crippen molar-refractivity contribution in [2.24, 2.45) is 5.92 Å². The average Bonchev–Trinajstić information content (AvgIpc) is 2.52. The van der Waals surface area contributed by atoms with Crippen molar-refractivity contribution in [1.82, 2.24) is 0 Å². The SMILES string of the molecule is C=CC(CC(C(=O)OC)C(=O)OC)Nc1c(C)cc(C)cc1C. The first-order chi connectivity index (χ1) is 10.8.